The summed E-state index contributed by atoms with van der Waals surface area (Å²) in [6.45, 7) is -0.576. The highest BCUT2D eigenvalue weighted by Crippen LogP contribution is 2.37. The van der Waals surface area contributed by atoms with E-state index in [1.807, 2.05) is 54.6 Å². The lowest BCUT2D eigenvalue weighted by molar-refractivity contribution is -0.151. The zero-order valence-corrected chi connectivity index (χ0v) is 19.2. The fourth-order valence-corrected chi connectivity index (χ4v) is 6.12. The Morgan fingerprint density at radius 2 is 1.79 bits per heavy atom. The molecular weight excluding hydrogens is 454 g/mol. The molecule has 34 heavy (non-hydrogen) atoms. The number of carbonyl (C=O) groups excluding carboxylic acids is 2. The molecule has 2 aliphatic rings. The molecule has 0 amide bonds. The molecule has 3 aromatic rings. The highest BCUT2D eigenvalue weighted by atomic mass is 32.2. The van der Waals surface area contributed by atoms with E-state index in [0.29, 0.717) is 22.9 Å². The van der Waals surface area contributed by atoms with Crippen molar-refractivity contribution in [2.45, 2.75) is 25.4 Å². The van der Waals surface area contributed by atoms with E-state index in [1.54, 1.807) is 0 Å². The van der Waals surface area contributed by atoms with E-state index < -0.39 is 34.5 Å². The van der Waals surface area contributed by atoms with Gasteiger partial charge >= 0.3 is 11.9 Å². The average Bonchev–Trinajstić information content (AvgIpc) is 3.38. The Balaban J connectivity index is 1.40. The zero-order chi connectivity index (χ0) is 23.7. The number of hydrogen-bond acceptors (Lipinski definition) is 7. The third-order valence-corrected chi connectivity index (χ3v) is 7.83. The molecule has 1 saturated heterocycles. The second kappa shape index (κ2) is 9.02. The third-order valence-electron chi connectivity index (χ3n) is 6.10. The summed E-state index contributed by atoms with van der Waals surface area (Å²) in [7, 11) is -3.17. The highest BCUT2D eigenvalue weighted by Gasteiger charge is 2.32. The van der Waals surface area contributed by atoms with Crippen molar-refractivity contribution in [1.82, 2.24) is 4.98 Å². The summed E-state index contributed by atoms with van der Waals surface area (Å²) in [6, 6.07) is 17.3. The van der Waals surface area contributed by atoms with Gasteiger partial charge in [0.25, 0.3) is 0 Å². The molecule has 0 N–H and O–H groups in total. The molecule has 2 aromatic carbocycles. The van der Waals surface area contributed by atoms with Crippen LogP contribution < -0.4 is 0 Å². The quantitative estimate of drug-likeness (QED) is 0.518. The van der Waals surface area contributed by atoms with Crippen LogP contribution in [0.4, 0.5) is 0 Å². The molecule has 1 aliphatic heterocycles. The largest absolute Gasteiger partial charge is 0.459 e. The number of carbonyl (C=O) groups is 2. The van der Waals surface area contributed by atoms with Gasteiger partial charge in [0.15, 0.2) is 16.4 Å². The Bertz CT molecular complexity index is 1410. The van der Waals surface area contributed by atoms with Crippen molar-refractivity contribution in [3.63, 3.8) is 0 Å². The van der Waals surface area contributed by atoms with Crippen molar-refractivity contribution >= 4 is 44.3 Å². The molecule has 174 valence electrons. The summed E-state index contributed by atoms with van der Waals surface area (Å²) in [5.41, 5.74) is 4.76. The van der Waals surface area contributed by atoms with Gasteiger partial charge in [0.2, 0.25) is 0 Å². The minimum Gasteiger partial charge on any atom is -0.459 e. The molecule has 0 radical (unpaired) electrons. The maximum atomic E-state index is 13.2. The predicted octanol–water partition coefficient (Wildman–Crippen LogP) is 3.61. The Kier molecular flexibility index (Phi) is 5.91. The second-order valence-corrected chi connectivity index (χ2v) is 10.7. The van der Waals surface area contributed by atoms with Crippen molar-refractivity contribution in [3.05, 3.63) is 77.0 Å². The number of benzene rings is 2. The van der Waals surface area contributed by atoms with E-state index in [4.69, 9.17) is 14.5 Å². The smallest absolute Gasteiger partial charge is 0.344 e. The first-order chi connectivity index (χ1) is 16.4. The van der Waals surface area contributed by atoms with Gasteiger partial charge in [-0.15, -0.1) is 0 Å². The van der Waals surface area contributed by atoms with Crippen LogP contribution in [0.3, 0.4) is 0 Å². The molecule has 0 spiro atoms. The van der Waals surface area contributed by atoms with E-state index in [0.717, 1.165) is 28.8 Å². The van der Waals surface area contributed by atoms with Crippen molar-refractivity contribution in [3.8, 4) is 0 Å². The molecule has 1 fully saturated rings. The highest BCUT2D eigenvalue weighted by molar-refractivity contribution is 7.91. The van der Waals surface area contributed by atoms with Crippen LogP contribution in [0.15, 0.2) is 54.6 Å². The van der Waals surface area contributed by atoms with Gasteiger partial charge in [-0.25, -0.2) is 23.0 Å². The van der Waals surface area contributed by atoms with Crippen LogP contribution in [0.2, 0.25) is 0 Å². The molecule has 0 saturated carbocycles. The van der Waals surface area contributed by atoms with E-state index >= 15 is 0 Å². The summed E-state index contributed by atoms with van der Waals surface area (Å²) in [5, 5.41) is 0.669. The summed E-state index contributed by atoms with van der Waals surface area (Å²) in [5.74, 6) is -1.56. The summed E-state index contributed by atoms with van der Waals surface area (Å²) < 4.78 is 33.6. The lowest BCUT2D eigenvalue weighted by Gasteiger charge is -2.13. The minimum atomic E-state index is -3.17. The number of pyridine rings is 1. The number of allylic oxidation sites excluding steroid dienone is 1. The van der Waals surface area contributed by atoms with Gasteiger partial charge in [0.1, 0.15) is 6.10 Å². The van der Waals surface area contributed by atoms with Crippen LogP contribution in [0, 0.1) is 0 Å². The van der Waals surface area contributed by atoms with Gasteiger partial charge in [-0.1, -0.05) is 48.5 Å². The Hall–Kier alpha value is -3.52. The fraction of sp³-hybridized carbons (Fsp3) is 0.269. The van der Waals surface area contributed by atoms with Gasteiger partial charge in [-0.3, -0.25) is 0 Å². The number of para-hydroxylation sites is 1. The Labute approximate surface area is 197 Å². The second-order valence-electron chi connectivity index (χ2n) is 8.50. The molecule has 1 aromatic heterocycles. The molecular formula is C26H23NO6S. The molecule has 1 atom stereocenters. The monoisotopic (exact) mass is 477 g/mol. The minimum absolute atomic E-state index is 0.00128. The van der Waals surface area contributed by atoms with Crippen LogP contribution in [-0.4, -0.2) is 49.6 Å². The molecule has 5 rings (SSSR count). The molecule has 2 heterocycles. The first-order valence-corrected chi connectivity index (χ1v) is 13.0. The van der Waals surface area contributed by atoms with Gasteiger partial charge < -0.3 is 9.47 Å². The van der Waals surface area contributed by atoms with Crippen LogP contribution >= 0.6 is 0 Å². The molecule has 7 nitrogen and oxygen atoms in total. The van der Waals surface area contributed by atoms with Crippen molar-refractivity contribution < 1.29 is 27.5 Å². The van der Waals surface area contributed by atoms with Crippen molar-refractivity contribution in [2.24, 2.45) is 0 Å². The molecule has 8 heteroatoms. The maximum absolute atomic E-state index is 13.2. The number of rotatable bonds is 5. The van der Waals surface area contributed by atoms with Crippen molar-refractivity contribution in [1.29, 1.82) is 0 Å². The zero-order valence-electron chi connectivity index (χ0n) is 18.4. The topological polar surface area (TPSA) is 99.6 Å². The first kappa shape index (κ1) is 22.3. The summed E-state index contributed by atoms with van der Waals surface area (Å²) in [6.07, 6.45) is 3.04. The van der Waals surface area contributed by atoms with Crippen LogP contribution in [0.5, 0.6) is 0 Å². The van der Waals surface area contributed by atoms with Crippen LogP contribution in [0.25, 0.3) is 22.6 Å². The third kappa shape index (κ3) is 4.59. The Morgan fingerprint density at radius 3 is 2.56 bits per heavy atom. The van der Waals surface area contributed by atoms with Crippen LogP contribution in [-0.2, 0) is 30.5 Å². The normalized spacial score (nSPS) is 19.8. The number of ether oxygens (including phenoxy) is 2. The van der Waals surface area contributed by atoms with Gasteiger partial charge in [-0.05, 0) is 48.1 Å². The van der Waals surface area contributed by atoms with E-state index in [-0.39, 0.29) is 17.9 Å². The van der Waals surface area contributed by atoms with Gasteiger partial charge in [0.05, 0.1) is 28.3 Å². The average molecular weight is 478 g/mol. The Morgan fingerprint density at radius 1 is 1.03 bits per heavy atom. The standard InChI is InChI=1S/C26H23NO6S/c28-23(33-19-12-13-34(30,31)16-19)15-32-26(29)24-20-8-4-5-9-22(20)27-25-18(10-11-21(24)25)14-17-6-2-1-3-7-17/h1-9,14,19H,10-13,15-16H2. The molecule has 1 aliphatic carbocycles. The predicted molar refractivity (Wildman–Crippen MR) is 128 cm³/mol. The number of nitrogens with zero attached hydrogens (tertiary/aromatic N) is 1. The van der Waals surface area contributed by atoms with Crippen molar-refractivity contribution in [2.75, 3.05) is 18.1 Å². The van der Waals surface area contributed by atoms with E-state index in [1.165, 1.54) is 0 Å². The number of esters is 2. The fourth-order valence-electron chi connectivity index (χ4n) is 4.53. The number of hydrogen-bond donors (Lipinski definition) is 0. The van der Waals surface area contributed by atoms with Crippen LogP contribution in [0.1, 0.15) is 40.0 Å². The molecule has 1 unspecified atom stereocenters. The van der Waals surface area contributed by atoms with Gasteiger partial charge in [-0.2, -0.15) is 0 Å². The molecule has 0 bridgehead atoms. The first-order valence-electron chi connectivity index (χ1n) is 11.1. The number of aromatic nitrogens is 1. The maximum Gasteiger partial charge on any atom is 0.344 e. The number of sulfone groups is 1. The number of fused-ring (bicyclic) bond motifs is 2. The lowest BCUT2D eigenvalue weighted by atomic mass is 10.0. The van der Waals surface area contributed by atoms with Gasteiger partial charge in [0, 0.05) is 5.39 Å². The summed E-state index contributed by atoms with van der Waals surface area (Å²) in [4.78, 5) is 30.2. The summed E-state index contributed by atoms with van der Waals surface area (Å²) >= 11 is 0. The van der Waals surface area contributed by atoms with E-state index in [9.17, 15) is 18.0 Å². The SMILES string of the molecule is O=C(COC(=O)c1c2c(nc3ccccc13)C(=Cc1ccccc1)CC2)OC1CCS(=O)(=O)C1. The van der Waals surface area contributed by atoms with E-state index in [2.05, 4.69) is 6.08 Å². The lowest BCUT2D eigenvalue weighted by Crippen LogP contribution is -2.24.